The summed E-state index contributed by atoms with van der Waals surface area (Å²) in [6.45, 7) is 0. The smallest absolute Gasteiger partial charge is 0.0229 e. The molecule has 0 N–H and O–H groups in total. The minimum absolute atomic E-state index is 0. The van der Waals surface area contributed by atoms with E-state index in [0.29, 0.717) is 0 Å². The SMILES string of the molecule is C1=CSSC1.[Mo]. The van der Waals surface area contributed by atoms with Crippen LogP contribution in [0.15, 0.2) is 11.5 Å². The molecule has 0 aromatic rings. The molecule has 0 aromatic heterocycles. The van der Waals surface area contributed by atoms with Gasteiger partial charge in [0.1, 0.15) is 0 Å². The van der Waals surface area contributed by atoms with Gasteiger partial charge in [-0.15, -0.1) is 0 Å². The van der Waals surface area contributed by atoms with E-state index in [1.807, 2.05) is 21.6 Å². The maximum absolute atomic E-state index is 2.16. The topological polar surface area (TPSA) is 0 Å². The Morgan fingerprint density at radius 3 is 2.50 bits per heavy atom. The van der Waals surface area contributed by atoms with Crippen molar-refractivity contribution < 1.29 is 21.1 Å². The van der Waals surface area contributed by atoms with Gasteiger partial charge in [-0.2, -0.15) is 0 Å². The molecule has 34 valence electrons. The molecular weight excluding hydrogens is 196 g/mol. The van der Waals surface area contributed by atoms with Crippen LogP contribution in [0.3, 0.4) is 0 Å². The molecule has 0 nitrogen and oxygen atoms in total. The van der Waals surface area contributed by atoms with E-state index in [2.05, 4.69) is 11.5 Å². The Labute approximate surface area is 59.8 Å². The quantitative estimate of drug-likeness (QED) is 0.432. The first-order chi connectivity index (χ1) is 2.50. The van der Waals surface area contributed by atoms with Gasteiger partial charge in [-0.25, -0.2) is 0 Å². The van der Waals surface area contributed by atoms with Gasteiger partial charge >= 0.3 is 0 Å². The van der Waals surface area contributed by atoms with Crippen molar-refractivity contribution in [2.75, 3.05) is 5.75 Å². The van der Waals surface area contributed by atoms with Gasteiger partial charge < -0.3 is 0 Å². The summed E-state index contributed by atoms with van der Waals surface area (Å²) in [7, 11) is 3.69. The molecule has 0 atom stereocenters. The van der Waals surface area contributed by atoms with Crippen LogP contribution in [0.25, 0.3) is 0 Å². The van der Waals surface area contributed by atoms with Crippen molar-refractivity contribution >= 4 is 21.6 Å². The first-order valence-corrected chi connectivity index (χ1v) is 3.81. The third-order valence-corrected chi connectivity index (χ3v) is 2.30. The predicted octanol–water partition coefficient (Wildman–Crippen LogP) is 1.89. The van der Waals surface area contributed by atoms with Crippen molar-refractivity contribution in [1.29, 1.82) is 0 Å². The van der Waals surface area contributed by atoms with Gasteiger partial charge in [0.2, 0.25) is 0 Å². The molecule has 3 heteroatoms. The van der Waals surface area contributed by atoms with E-state index in [4.69, 9.17) is 0 Å². The summed E-state index contributed by atoms with van der Waals surface area (Å²) in [5.41, 5.74) is 0. The first kappa shape index (κ1) is 7.13. The molecule has 0 saturated heterocycles. The van der Waals surface area contributed by atoms with Crippen molar-refractivity contribution in [1.82, 2.24) is 0 Å². The molecule has 0 radical (unpaired) electrons. The van der Waals surface area contributed by atoms with E-state index in [9.17, 15) is 0 Å². The van der Waals surface area contributed by atoms with Gasteiger partial charge in [0.05, 0.1) is 0 Å². The fourth-order valence-corrected chi connectivity index (χ4v) is 1.77. The van der Waals surface area contributed by atoms with Crippen molar-refractivity contribution in [2.45, 2.75) is 0 Å². The zero-order valence-electron chi connectivity index (χ0n) is 3.09. The molecule has 0 amide bonds. The summed E-state index contributed by atoms with van der Waals surface area (Å²) < 4.78 is 0. The maximum atomic E-state index is 2.16. The molecule has 0 bridgehead atoms. The summed E-state index contributed by atoms with van der Waals surface area (Å²) in [4.78, 5) is 0. The Hall–Kier alpha value is 1.13. The second kappa shape index (κ2) is 4.29. The summed E-state index contributed by atoms with van der Waals surface area (Å²) >= 11 is 0. The minimum atomic E-state index is 0. The zero-order valence-corrected chi connectivity index (χ0v) is 6.73. The number of hydrogen-bond acceptors (Lipinski definition) is 2. The zero-order chi connectivity index (χ0) is 3.54. The van der Waals surface area contributed by atoms with Gasteiger partial charge in [-0.05, 0) is 5.41 Å². The standard InChI is InChI=1S/C3H4S2.Mo/c1-2-4-5-3-1;/h1-2H,3H2;. The van der Waals surface area contributed by atoms with Crippen LogP contribution < -0.4 is 0 Å². The summed E-state index contributed by atoms with van der Waals surface area (Å²) in [5.74, 6) is 1.20. The first-order valence-electron chi connectivity index (χ1n) is 1.43. The van der Waals surface area contributed by atoms with E-state index < -0.39 is 0 Å². The van der Waals surface area contributed by atoms with Crippen molar-refractivity contribution in [3.05, 3.63) is 11.5 Å². The van der Waals surface area contributed by atoms with Crippen molar-refractivity contribution in [2.24, 2.45) is 0 Å². The molecule has 0 spiro atoms. The number of rotatable bonds is 0. The van der Waals surface area contributed by atoms with Crippen LogP contribution in [0, 0.1) is 0 Å². The van der Waals surface area contributed by atoms with E-state index in [0.717, 1.165) is 0 Å². The van der Waals surface area contributed by atoms with Crippen LogP contribution in [0.2, 0.25) is 0 Å². The molecule has 0 fully saturated rings. The molecule has 1 rings (SSSR count). The molecule has 0 unspecified atom stereocenters. The minimum Gasteiger partial charge on any atom is -0.0854 e. The molecule has 6 heavy (non-hydrogen) atoms. The van der Waals surface area contributed by atoms with Crippen molar-refractivity contribution in [3.8, 4) is 0 Å². The second-order valence-corrected chi connectivity index (χ2v) is 3.07. The fraction of sp³-hybridized carbons (Fsp3) is 0.333. The van der Waals surface area contributed by atoms with Crippen LogP contribution in [0.4, 0.5) is 0 Å². The van der Waals surface area contributed by atoms with E-state index in [1.54, 1.807) is 0 Å². The summed E-state index contributed by atoms with van der Waals surface area (Å²) in [6.07, 6.45) is 2.16. The fourth-order valence-electron chi connectivity index (χ4n) is 0.196. The van der Waals surface area contributed by atoms with Crippen LogP contribution in [0.1, 0.15) is 0 Å². The van der Waals surface area contributed by atoms with Crippen LogP contribution >= 0.6 is 21.6 Å². The normalized spacial score (nSPS) is 17.3. The van der Waals surface area contributed by atoms with E-state index in [1.165, 1.54) is 5.75 Å². The average Bonchev–Trinajstić information content (AvgIpc) is 1.76. The molecule has 0 saturated carbocycles. The molecule has 1 aliphatic rings. The molecule has 0 aliphatic carbocycles. The Kier molecular flexibility index (Phi) is 5.10. The third-order valence-electron chi connectivity index (χ3n) is 0.384. The Morgan fingerprint density at radius 1 is 1.50 bits per heavy atom. The Bertz CT molecular complexity index is 46.8. The second-order valence-electron chi connectivity index (χ2n) is 0.753. The van der Waals surface area contributed by atoms with E-state index >= 15 is 0 Å². The van der Waals surface area contributed by atoms with Crippen LogP contribution in [-0.2, 0) is 21.1 Å². The van der Waals surface area contributed by atoms with Gasteiger partial charge in [0, 0.05) is 26.8 Å². The monoisotopic (exact) mass is 202 g/mol. The largest absolute Gasteiger partial charge is 0.0854 e. The average molecular weight is 200 g/mol. The third kappa shape index (κ3) is 2.33. The van der Waals surface area contributed by atoms with Gasteiger partial charge in [0.25, 0.3) is 0 Å². The Morgan fingerprint density at radius 2 is 2.33 bits per heavy atom. The Balaban J connectivity index is 0.000000250. The maximum Gasteiger partial charge on any atom is 0.0229 e. The molecule has 1 heterocycles. The van der Waals surface area contributed by atoms with Gasteiger partial charge in [-0.3, -0.25) is 0 Å². The molecular formula is C3H4MoS2. The predicted molar refractivity (Wildman–Crippen MR) is 29.2 cm³/mol. The van der Waals surface area contributed by atoms with Crippen LogP contribution in [-0.4, -0.2) is 5.75 Å². The van der Waals surface area contributed by atoms with Crippen molar-refractivity contribution in [3.63, 3.8) is 0 Å². The van der Waals surface area contributed by atoms with E-state index in [-0.39, 0.29) is 21.1 Å². The molecule has 0 aromatic carbocycles. The number of hydrogen-bond donors (Lipinski definition) is 0. The van der Waals surface area contributed by atoms with Crippen LogP contribution in [0.5, 0.6) is 0 Å². The summed E-state index contributed by atoms with van der Waals surface area (Å²) in [5, 5.41) is 2.12. The summed E-state index contributed by atoms with van der Waals surface area (Å²) in [6, 6.07) is 0. The molecule has 1 aliphatic heterocycles. The van der Waals surface area contributed by atoms with Gasteiger partial charge in [-0.1, -0.05) is 27.7 Å². The van der Waals surface area contributed by atoms with Gasteiger partial charge in [0.15, 0.2) is 0 Å².